The summed E-state index contributed by atoms with van der Waals surface area (Å²) < 4.78 is 0. The van der Waals surface area contributed by atoms with E-state index in [1.807, 2.05) is 32.1 Å². The summed E-state index contributed by atoms with van der Waals surface area (Å²) in [5, 5.41) is 11.5. The molecule has 1 aliphatic heterocycles. The number of aliphatic imine (C=N–C) groups is 1. The van der Waals surface area contributed by atoms with Gasteiger partial charge in [0.05, 0.1) is 6.54 Å². The molecule has 1 saturated heterocycles. The average Bonchev–Trinajstić information content (AvgIpc) is 3.08. The molecule has 1 amide bonds. The lowest BCUT2D eigenvalue weighted by Gasteiger charge is -2.32. The molecule has 0 spiro atoms. The van der Waals surface area contributed by atoms with Gasteiger partial charge in [-0.2, -0.15) is 0 Å². The Labute approximate surface area is 184 Å². The van der Waals surface area contributed by atoms with Crippen molar-refractivity contribution in [2.45, 2.75) is 45.7 Å². The summed E-state index contributed by atoms with van der Waals surface area (Å²) in [5.41, 5.74) is -0.215. The fraction of sp³-hybridized carbons (Fsp3) is 0.684. The van der Waals surface area contributed by atoms with Gasteiger partial charge in [-0.3, -0.25) is 14.7 Å². The fourth-order valence-corrected chi connectivity index (χ4v) is 3.81. The van der Waals surface area contributed by atoms with Gasteiger partial charge in [0, 0.05) is 30.6 Å². The van der Waals surface area contributed by atoms with Crippen LogP contribution in [0.25, 0.3) is 0 Å². The van der Waals surface area contributed by atoms with Crippen LogP contribution in [0.15, 0.2) is 22.5 Å². The summed E-state index contributed by atoms with van der Waals surface area (Å²) in [6, 6.07) is 4.33. The standard InChI is InChI=1S/C19H33N5OS.HI/c1-19(2,3)23-17(25)13-22-18(20-4)21-12-15-7-9-24(10-8-15)14-16-6-5-11-26-16;/h5-6,11,15H,7-10,12-14H2,1-4H3,(H,23,25)(H2,20,21,22);1H. The number of rotatable bonds is 6. The van der Waals surface area contributed by atoms with Crippen molar-refractivity contribution in [2.75, 3.05) is 33.2 Å². The van der Waals surface area contributed by atoms with Gasteiger partial charge in [-0.15, -0.1) is 35.3 Å². The first kappa shape index (κ1) is 24.2. The highest BCUT2D eigenvalue weighted by molar-refractivity contribution is 14.0. The van der Waals surface area contributed by atoms with Crippen LogP contribution in [-0.4, -0.2) is 55.5 Å². The number of piperidine rings is 1. The summed E-state index contributed by atoms with van der Waals surface area (Å²) in [5.74, 6) is 1.31. The number of hydrogen-bond acceptors (Lipinski definition) is 4. The lowest BCUT2D eigenvalue weighted by molar-refractivity contribution is -0.121. The largest absolute Gasteiger partial charge is 0.356 e. The maximum atomic E-state index is 11.9. The molecule has 2 heterocycles. The second-order valence-corrected chi connectivity index (χ2v) is 8.94. The first-order valence-corrected chi connectivity index (χ1v) is 10.2. The number of nitrogens with zero attached hydrogens (tertiary/aromatic N) is 2. The number of guanidine groups is 1. The van der Waals surface area contributed by atoms with Crippen molar-refractivity contribution in [3.05, 3.63) is 22.4 Å². The molecule has 1 aromatic heterocycles. The number of amides is 1. The zero-order valence-electron chi connectivity index (χ0n) is 16.9. The van der Waals surface area contributed by atoms with E-state index in [4.69, 9.17) is 0 Å². The molecule has 3 N–H and O–H groups in total. The highest BCUT2D eigenvalue weighted by Gasteiger charge is 2.20. The Morgan fingerprint density at radius 1 is 1.30 bits per heavy atom. The van der Waals surface area contributed by atoms with Gasteiger partial charge in [-0.25, -0.2) is 0 Å². The molecule has 8 heteroatoms. The molecule has 2 rings (SSSR count). The van der Waals surface area contributed by atoms with Gasteiger partial charge in [0.2, 0.25) is 5.91 Å². The Morgan fingerprint density at radius 2 is 2.00 bits per heavy atom. The van der Waals surface area contributed by atoms with E-state index in [1.165, 1.54) is 17.7 Å². The van der Waals surface area contributed by atoms with Crippen molar-refractivity contribution in [3.63, 3.8) is 0 Å². The molecule has 0 atom stereocenters. The number of carbonyl (C=O) groups is 1. The molecule has 0 aliphatic carbocycles. The van der Waals surface area contributed by atoms with Crippen molar-refractivity contribution in [2.24, 2.45) is 10.9 Å². The van der Waals surface area contributed by atoms with Crippen molar-refractivity contribution in [1.82, 2.24) is 20.9 Å². The fourth-order valence-electron chi connectivity index (χ4n) is 3.06. The van der Waals surface area contributed by atoms with Crippen LogP contribution in [-0.2, 0) is 11.3 Å². The van der Waals surface area contributed by atoms with Crippen LogP contribution in [0.4, 0.5) is 0 Å². The van der Waals surface area contributed by atoms with Crippen molar-refractivity contribution in [3.8, 4) is 0 Å². The molecule has 0 unspecified atom stereocenters. The third kappa shape index (κ3) is 9.75. The van der Waals surface area contributed by atoms with Crippen molar-refractivity contribution >= 4 is 47.2 Å². The molecule has 1 fully saturated rings. The first-order chi connectivity index (χ1) is 12.4. The molecule has 0 aromatic carbocycles. The molecule has 0 radical (unpaired) electrons. The molecule has 154 valence electrons. The van der Waals surface area contributed by atoms with Gasteiger partial charge in [0.1, 0.15) is 0 Å². The SMILES string of the molecule is CN=C(NCC(=O)NC(C)(C)C)NCC1CCN(Cc2cccs2)CC1.I. The monoisotopic (exact) mass is 507 g/mol. The van der Waals surface area contributed by atoms with E-state index in [2.05, 4.69) is 43.4 Å². The van der Waals surface area contributed by atoms with Crippen LogP contribution < -0.4 is 16.0 Å². The summed E-state index contributed by atoms with van der Waals surface area (Å²) in [7, 11) is 1.74. The zero-order valence-corrected chi connectivity index (χ0v) is 20.0. The lowest BCUT2D eigenvalue weighted by atomic mass is 9.97. The van der Waals surface area contributed by atoms with E-state index in [0.29, 0.717) is 11.9 Å². The zero-order chi connectivity index (χ0) is 19.0. The molecule has 6 nitrogen and oxygen atoms in total. The minimum absolute atomic E-state index is 0. The van der Waals surface area contributed by atoms with Gasteiger partial charge in [-0.05, 0) is 64.1 Å². The summed E-state index contributed by atoms with van der Waals surface area (Å²) >= 11 is 1.83. The minimum Gasteiger partial charge on any atom is -0.356 e. The predicted octanol–water partition coefficient (Wildman–Crippen LogP) is 2.66. The Balaban J connectivity index is 0.00000364. The van der Waals surface area contributed by atoms with Crippen LogP contribution in [0.1, 0.15) is 38.5 Å². The van der Waals surface area contributed by atoms with Crippen molar-refractivity contribution in [1.29, 1.82) is 0 Å². The van der Waals surface area contributed by atoms with Gasteiger partial charge >= 0.3 is 0 Å². The topological polar surface area (TPSA) is 68.8 Å². The Bertz CT molecular complexity index is 577. The Hall–Kier alpha value is -0.870. The van der Waals surface area contributed by atoms with Crippen LogP contribution in [0.2, 0.25) is 0 Å². The molecular weight excluding hydrogens is 473 g/mol. The van der Waals surface area contributed by atoms with Gasteiger partial charge in [0.25, 0.3) is 0 Å². The van der Waals surface area contributed by atoms with Crippen LogP contribution in [0.3, 0.4) is 0 Å². The highest BCUT2D eigenvalue weighted by atomic mass is 127. The average molecular weight is 507 g/mol. The highest BCUT2D eigenvalue weighted by Crippen LogP contribution is 2.20. The lowest BCUT2D eigenvalue weighted by Crippen LogP contribution is -2.49. The smallest absolute Gasteiger partial charge is 0.239 e. The molecule has 1 aromatic rings. The minimum atomic E-state index is -0.215. The Morgan fingerprint density at radius 3 is 2.56 bits per heavy atom. The van der Waals surface area contributed by atoms with E-state index in [-0.39, 0.29) is 42.0 Å². The third-order valence-corrected chi connectivity index (χ3v) is 5.24. The number of hydrogen-bond donors (Lipinski definition) is 3. The number of carbonyl (C=O) groups excluding carboxylic acids is 1. The number of likely N-dealkylation sites (tertiary alicyclic amines) is 1. The number of halogens is 1. The molecule has 0 bridgehead atoms. The quantitative estimate of drug-likeness (QED) is 0.315. The molecule has 27 heavy (non-hydrogen) atoms. The van der Waals surface area contributed by atoms with Crippen molar-refractivity contribution < 1.29 is 4.79 Å². The second-order valence-electron chi connectivity index (χ2n) is 7.90. The van der Waals surface area contributed by atoms with Gasteiger partial charge in [-0.1, -0.05) is 6.07 Å². The van der Waals surface area contributed by atoms with E-state index in [1.54, 1.807) is 7.05 Å². The third-order valence-electron chi connectivity index (χ3n) is 4.38. The van der Waals surface area contributed by atoms with E-state index in [9.17, 15) is 4.79 Å². The Kier molecular flexibility index (Phi) is 10.6. The molecule has 1 aliphatic rings. The number of nitrogens with one attached hydrogen (secondary N) is 3. The number of thiophene rings is 1. The first-order valence-electron chi connectivity index (χ1n) is 9.36. The predicted molar refractivity (Wildman–Crippen MR) is 125 cm³/mol. The van der Waals surface area contributed by atoms with Gasteiger partial charge in [0.15, 0.2) is 5.96 Å². The van der Waals surface area contributed by atoms with E-state index in [0.717, 1.165) is 26.2 Å². The van der Waals surface area contributed by atoms with Crippen LogP contribution in [0, 0.1) is 5.92 Å². The second kappa shape index (κ2) is 11.9. The van der Waals surface area contributed by atoms with E-state index >= 15 is 0 Å². The molecule has 0 saturated carbocycles. The van der Waals surface area contributed by atoms with E-state index < -0.39 is 0 Å². The summed E-state index contributed by atoms with van der Waals surface area (Å²) in [6.45, 7) is 10.4. The normalized spacial score (nSPS) is 16.5. The van der Waals surface area contributed by atoms with Crippen LogP contribution in [0.5, 0.6) is 0 Å². The summed E-state index contributed by atoms with van der Waals surface area (Å²) in [4.78, 5) is 20.1. The maximum absolute atomic E-state index is 11.9. The summed E-state index contributed by atoms with van der Waals surface area (Å²) in [6.07, 6.45) is 2.39. The van der Waals surface area contributed by atoms with Crippen LogP contribution >= 0.6 is 35.3 Å². The maximum Gasteiger partial charge on any atom is 0.239 e. The van der Waals surface area contributed by atoms with Gasteiger partial charge < -0.3 is 16.0 Å². The molecular formula is C19H34IN5OS.